The van der Waals surface area contributed by atoms with E-state index in [1.807, 2.05) is 0 Å². The highest BCUT2D eigenvalue weighted by Gasteiger charge is 2.40. The van der Waals surface area contributed by atoms with Gasteiger partial charge in [-0.25, -0.2) is 0 Å². The van der Waals surface area contributed by atoms with Crippen molar-refractivity contribution in [3.63, 3.8) is 0 Å². The van der Waals surface area contributed by atoms with Crippen LogP contribution >= 0.6 is 11.6 Å². The molecule has 22 heavy (non-hydrogen) atoms. The Morgan fingerprint density at radius 3 is 3.09 bits per heavy atom. The van der Waals surface area contributed by atoms with Crippen LogP contribution in [0.2, 0.25) is 5.02 Å². The van der Waals surface area contributed by atoms with Crippen molar-refractivity contribution in [2.75, 3.05) is 18.5 Å². The fraction of sp³-hybridized carbons (Fsp3) is 0.500. The molecule has 2 fully saturated rings. The number of amides is 1. The predicted octanol–water partition coefficient (Wildman–Crippen LogP) is 2.45. The van der Waals surface area contributed by atoms with Crippen molar-refractivity contribution in [1.82, 2.24) is 4.90 Å². The summed E-state index contributed by atoms with van der Waals surface area (Å²) in [5.74, 6) is -0.491. The van der Waals surface area contributed by atoms with Crippen LogP contribution in [0.25, 0.3) is 0 Å². The number of cyclic esters (lactones) is 1. The van der Waals surface area contributed by atoms with E-state index in [2.05, 4.69) is 10.2 Å². The summed E-state index contributed by atoms with van der Waals surface area (Å²) in [6.07, 6.45) is 3.36. The van der Waals surface area contributed by atoms with E-state index in [9.17, 15) is 9.59 Å². The lowest BCUT2D eigenvalue weighted by Gasteiger charge is -2.43. The van der Waals surface area contributed by atoms with Gasteiger partial charge in [0.1, 0.15) is 12.6 Å². The summed E-state index contributed by atoms with van der Waals surface area (Å²) in [6, 6.07) is 6.75. The fourth-order valence-corrected chi connectivity index (χ4v) is 3.37. The summed E-state index contributed by atoms with van der Waals surface area (Å²) in [6.45, 7) is 1.31. The standard InChI is InChI=1S/C16H19ClN2O3/c17-11-4-3-5-12(8-11)18-15(20)9-14-16(21)22-10-13-6-1-2-7-19(13)14/h3-5,8,13-14H,1-2,6-7,9-10H2,(H,18,20)/t13-,14-/m1/s1. The van der Waals surface area contributed by atoms with E-state index < -0.39 is 6.04 Å². The minimum atomic E-state index is -0.474. The number of ether oxygens (including phenoxy) is 1. The van der Waals surface area contributed by atoms with Gasteiger partial charge in [0.05, 0.1) is 6.42 Å². The third-order valence-corrected chi connectivity index (χ3v) is 4.49. The molecule has 0 saturated carbocycles. The molecule has 2 heterocycles. The maximum Gasteiger partial charge on any atom is 0.323 e. The zero-order valence-corrected chi connectivity index (χ0v) is 13.0. The van der Waals surface area contributed by atoms with Crippen LogP contribution in [0.15, 0.2) is 24.3 Å². The molecule has 118 valence electrons. The average molecular weight is 323 g/mol. The minimum absolute atomic E-state index is 0.113. The molecule has 2 aliphatic heterocycles. The van der Waals surface area contributed by atoms with Crippen molar-refractivity contribution in [3.8, 4) is 0 Å². The van der Waals surface area contributed by atoms with Crippen LogP contribution in [0.4, 0.5) is 5.69 Å². The van der Waals surface area contributed by atoms with Gasteiger partial charge in [0.25, 0.3) is 0 Å². The molecule has 5 nitrogen and oxygen atoms in total. The number of morpholine rings is 1. The second-order valence-corrected chi connectivity index (χ2v) is 6.23. The first kappa shape index (κ1) is 15.3. The highest BCUT2D eigenvalue weighted by molar-refractivity contribution is 6.30. The molecule has 3 rings (SSSR count). The number of esters is 1. The summed E-state index contributed by atoms with van der Waals surface area (Å²) in [5, 5.41) is 3.35. The van der Waals surface area contributed by atoms with Crippen LogP contribution in [0.1, 0.15) is 25.7 Å². The number of nitrogens with zero attached hydrogens (tertiary/aromatic N) is 1. The number of carbonyl (C=O) groups excluding carboxylic acids is 2. The third kappa shape index (κ3) is 3.42. The second kappa shape index (κ2) is 6.67. The molecule has 0 radical (unpaired) electrons. The molecule has 0 spiro atoms. The molecular weight excluding hydrogens is 304 g/mol. The van der Waals surface area contributed by atoms with Crippen LogP contribution in [-0.2, 0) is 14.3 Å². The van der Waals surface area contributed by atoms with Crippen LogP contribution in [0.5, 0.6) is 0 Å². The van der Waals surface area contributed by atoms with Gasteiger partial charge in [0.2, 0.25) is 5.91 Å². The number of piperidine rings is 1. The van der Waals surface area contributed by atoms with Crippen molar-refractivity contribution in [2.24, 2.45) is 0 Å². The number of rotatable bonds is 3. The number of anilines is 1. The molecule has 2 atom stereocenters. The first-order valence-corrected chi connectivity index (χ1v) is 7.99. The van der Waals surface area contributed by atoms with Crippen molar-refractivity contribution in [2.45, 2.75) is 37.8 Å². The molecule has 0 aliphatic carbocycles. The molecular formula is C16H19ClN2O3. The Bertz CT molecular complexity index is 578. The first-order chi connectivity index (χ1) is 10.6. The number of carbonyl (C=O) groups is 2. The number of fused-ring (bicyclic) bond motifs is 1. The number of benzene rings is 1. The maximum atomic E-state index is 12.2. The lowest BCUT2D eigenvalue weighted by molar-refractivity contribution is -0.165. The maximum absolute atomic E-state index is 12.2. The fourth-order valence-electron chi connectivity index (χ4n) is 3.18. The Labute approximate surface area is 134 Å². The summed E-state index contributed by atoms with van der Waals surface area (Å²) in [7, 11) is 0. The van der Waals surface area contributed by atoms with Crippen molar-refractivity contribution >= 4 is 29.2 Å². The van der Waals surface area contributed by atoms with Crippen molar-refractivity contribution in [3.05, 3.63) is 29.3 Å². The van der Waals surface area contributed by atoms with Gasteiger partial charge >= 0.3 is 5.97 Å². The van der Waals surface area contributed by atoms with Gasteiger partial charge in [-0.3, -0.25) is 14.5 Å². The van der Waals surface area contributed by atoms with Crippen molar-refractivity contribution < 1.29 is 14.3 Å². The zero-order valence-electron chi connectivity index (χ0n) is 12.3. The number of hydrogen-bond donors (Lipinski definition) is 1. The molecule has 1 N–H and O–H groups in total. The van der Waals surface area contributed by atoms with E-state index in [-0.39, 0.29) is 24.3 Å². The molecule has 1 aromatic rings. The van der Waals surface area contributed by atoms with Crippen LogP contribution in [0.3, 0.4) is 0 Å². The molecule has 1 aromatic carbocycles. The molecule has 2 aliphatic rings. The predicted molar refractivity (Wildman–Crippen MR) is 83.8 cm³/mol. The summed E-state index contributed by atoms with van der Waals surface area (Å²) < 4.78 is 5.25. The molecule has 0 bridgehead atoms. The van der Waals surface area contributed by atoms with Crippen LogP contribution < -0.4 is 5.32 Å². The van der Waals surface area contributed by atoms with E-state index in [0.29, 0.717) is 17.3 Å². The Morgan fingerprint density at radius 1 is 1.41 bits per heavy atom. The van der Waals surface area contributed by atoms with Crippen LogP contribution in [-0.4, -0.2) is 42.0 Å². The molecule has 6 heteroatoms. The Balaban J connectivity index is 1.65. The summed E-state index contributed by atoms with van der Waals surface area (Å²) >= 11 is 5.90. The highest BCUT2D eigenvalue weighted by atomic mass is 35.5. The normalized spacial score (nSPS) is 25.2. The van der Waals surface area contributed by atoms with E-state index >= 15 is 0 Å². The summed E-state index contributed by atoms with van der Waals surface area (Å²) in [5.41, 5.74) is 0.636. The topological polar surface area (TPSA) is 58.6 Å². The average Bonchev–Trinajstić information content (AvgIpc) is 2.50. The Morgan fingerprint density at radius 2 is 2.27 bits per heavy atom. The largest absolute Gasteiger partial charge is 0.463 e. The monoisotopic (exact) mass is 322 g/mol. The van der Waals surface area contributed by atoms with Gasteiger partial charge in [-0.15, -0.1) is 0 Å². The van der Waals surface area contributed by atoms with E-state index in [1.165, 1.54) is 0 Å². The van der Waals surface area contributed by atoms with E-state index in [4.69, 9.17) is 16.3 Å². The first-order valence-electron chi connectivity index (χ1n) is 7.61. The highest BCUT2D eigenvalue weighted by Crippen LogP contribution is 2.26. The molecule has 2 saturated heterocycles. The van der Waals surface area contributed by atoms with Crippen molar-refractivity contribution in [1.29, 1.82) is 0 Å². The van der Waals surface area contributed by atoms with Crippen LogP contribution in [0, 0.1) is 0 Å². The van der Waals surface area contributed by atoms with Gasteiger partial charge in [-0.1, -0.05) is 24.1 Å². The molecule has 0 aromatic heterocycles. The number of nitrogens with one attached hydrogen (secondary N) is 1. The second-order valence-electron chi connectivity index (χ2n) is 5.80. The number of hydrogen-bond acceptors (Lipinski definition) is 4. The molecule has 0 unspecified atom stereocenters. The minimum Gasteiger partial charge on any atom is -0.463 e. The van der Waals surface area contributed by atoms with Gasteiger partial charge in [0.15, 0.2) is 0 Å². The Hall–Kier alpha value is -1.59. The number of halogens is 1. The lowest BCUT2D eigenvalue weighted by atomic mass is 9.97. The SMILES string of the molecule is O=C(C[C@@H]1C(=O)OC[C@H]2CCCCN21)Nc1cccc(Cl)c1. The summed E-state index contributed by atoms with van der Waals surface area (Å²) in [4.78, 5) is 26.4. The third-order valence-electron chi connectivity index (χ3n) is 4.25. The zero-order chi connectivity index (χ0) is 15.5. The Kier molecular flexibility index (Phi) is 4.64. The van der Waals surface area contributed by atoms with Gasteiger partial charge in [-0.05, 0) is 37.6 Å². The molecule has 1 amide bonds. The van der Waals surface area contributed by atoms with E-state index in [0.717, 1.165) is 25.8 Å². The van der Waals surface area contributed by atoms with Gasteiger partial charge in [-0.2, -0.15) is 0 Å². The smallest absolute Gasteiger partial charge is 0.323 e. The lowest BCUT2D eigenvalue weighted by Crippen LogP contribution is -2.57. The van der Waals surface area contributed by atoms with E-state index in [1.54, 1.807) is 24.3 Å². The quantitative estimate of drug-likeness (QED) is 0.868. The van der Waals surface area contributed by atoms with Gasteiger partial charge in [0, 0.05) is 16.8 Å². The van der Waals surface area contributed by atoms with Gasteiger partial charge < -0.3 is 10.1 Å².